The largest absolute Gasteiger partial charge is 0.364 e. The van der Waals surface area contributed by atoms with Gasteiger partial charge in [-0.3, -0.25) is 5.32 Å². The second-order valence-corrected chi connectivity index (χ2v) is 3.29. The Kier molecular flexibility index (Phi) is 1.78. The summed E-state index contributed by atoms with van der Waals surface area (Å²) in [5, 5.41) is 3.33. The lowest BCUT2D eigenvalue weighted by atomic mass is 10.00. The monoisotopic (exact) mass is 129 g/mol. The Balaban J connectivity index is 2.41. The van der Waals surface area contributed by atoms with E-state index in [0.29, 0.717) is 0 Å². The van der Waals surface area contributed by atoms with Crippen LogP contribution in [0.3, 0.4) is 0 Å². The summed E-state index contributed by atoms with van der Waals surface area (Å²) in [6.07, 6.45) is 1.34. The third-order valence-corrected chi connectivity index (χ3v) is 1.69. The Morgan fingerprint density at radius 1 is 1.56 bits per heavy atom. The lowest BCUT2D eigenvalue weighted by Gasteiger charge is -2.35. The molecule has 0 bridgehead atoms. The van der Waals surface area contributed by atoms with E-state index in [9.17, 15) is 0 Å². The van der Waals surface area contributed by atoms with Crippen molar-refractivity contribution in [2.45, 2.75) is 39.0 Å². The van der Waals surface area contributed by atoms with Crippen LogP contribution < -0.4 is 5.32 Å². The van der Waals surface area contributed by atoms with Gasteiger partial charge in [-0.05, 0) is 27.2 Å². The van der Waals surface area contributed by atoms with Crippen LogP contribution in [0.4, 0.5) is 0 Å². The Morgan fingerprint density at radius 3 is 2.56 bits per heavy atom. The van der Waals surface area contributed by atoms with Crippen molar-refractivity contribution in [2.75, 3.05) is 6.61 Å². The highest BCUT2D eigenvalue weighted by atomic mass is 16.5. The predicted octanol–water partition coefficient (Wildman–Crippen LogP) is 1.12. The van der Waals surface area contributed by atoms with Crippen molar-refractivity contribution in [2.24, 2.45) is 0 Å². The zero-order valence-electron chi connectivity index (χ0n) is 6.40. The molecule has 1 N–H and O–H groups in total. The third kappa shape index (κ3) is 1.95. The molecule has 1 fully saturated rings. The maximum Gasteiger partial charge on any atom is 0.105 e. The maximum absolute atomic E-state index is 5.30. The minimum atomic E-state index is 0.230. The number of nitrogens with one attached hydrogen (secondary N) is 1. The second kappa shape index (κ2) is 2.27. The summed E-state index contributed by atoms with van der Waals surface area (Å²) >= 11 is 0. The molecule has 54 valence electrons. The van der Waals surface area contributed by atoms with Crippen LogP contribution in [-0.2, 0) is 4.74 Å². The molecule has 0 aromatic carbocycles. The number of hydrogen-bond acceptors (Lipinski definition) is 2. The van der Waals surface area contributed by atoms with Gasteiger partial charge >= 0.3 is 0 Å². The molecule has 1 aliphatic rings. The summed E-state index contributed by atoms with van der Waals surface area (Å²) < 4.78 is 5.30. The lowest BCUT2D eigenvalue weighted by Crippen LogP contribution is -2.50. The van der Waals surface area contributed by atoms with E-state index in [1.807, 2.05) is 6.92 Å². The average molecular weight is 129 g/mol. The highest BCUT2D eigenvalue weighted by Gasteiger charge is 2.24. The standard InChI is InChI=1S/C7H15NO/c1-6-8-7(2,3)4-5-9-6/h6,8H,4-5H2,1-3H3. The van der Waals surface area contributed by atoms with Gasteiger partial charge in [0.25, 0.3) is 0 Å². The molecule has 2 nitrogen and oxygen atoms in total. The zero-order valence-corrected chi connectivity index (χ0v) is 6.40. The van der Waals surface area contributed by atoms with Crippen LogP contribution in [0.15, 0.2) is 0 Å². The maximum atomic E-state index is 5.30. The van der Waals surface area contributed by atoms with Crippen LogP contribution in [0.5, 0.6) is 0 Å². The van der Waals surface area contributed by atoms with Crippen LogP contribution in [0.2, 0.25) is 0 Å². The highest BCUT2D eigenvalue weighted by Crippen LogP contribution is 2.14. The van der Waals surface area contributed by atoms with E-state index in [0.717, 1.165) is 13.0 Å². The van der Waals surface area contributed by atoms with Crippen LogP contribution >= 0.6 is 0 Å². The van der Waals surface area contributed by atoms with Crippen LogP contribution in [0, 0.1) is 0 Å². The molecule has 0 saturated carbocycles. The van der Waals surface area contributed by atoms with E-state index in [4.69, 9.17) is 4.74 Å². The molecule has 0 spiro atoms. The minimum absolute atomic E-state index is 0.230. The van der Waals surface area contributed by atoms with Crippen LogP contribution in [-0.4, -0.2) is 18.4 Å². The van der Waals surface area contributed by atoms with Gasteiger partial charge in [-0.1, -0.05) is 0 Å². The van der Waals surface area contributed by atoms with Crippen molar-refractivity contribution in [3.05, 3.63) is 0 Å². The summed E-state index contributed by atoms with van der Waals surface area (Å²) in [5.74, 6) is 0. The van der Waals surface area contributed by atoms with Crippen molar-refractivity contribution >= 4 is 0 Å². The second-order valence-electron chi connectivity index (χ2n) is 3.29. The molecule has 1 aliphatic heterocycles. The smallest absolute Gasteiger partial charge is 0.105 e. The molecule has 0 aliphatic carbocycles. The van der Waals surface area contributed by atoms with E-state index in [1.54, 1.807) is 0 Å². The fraction of sp³-hybridized carbons (Fsp3) is 1.00. The molecular formula is C7H15NO. The molecular weight excluding hydrogens is 114 g/mol. The summed E-state index contributed by atoms with van der Waals surface area (Å²) in [4.78, 5) is 0. The summed E-state index contributed by atoms with van der Waals surface area (Å²) in [6.45, 7) is 7.33. The van der Waals surface area contributed by atoms with E-state index in [2.05, 4.69) is 19.2 Å². The van der Waals surface area contributed by atoms with Crippen LogP contribution in [0.1, 0.15) is 27.2 Å². The first kappa shape index (κ1) is 7.03. The topological polar surface area (TPSA) is 21.3 Å². The Bertz CT molecular complexity index is 101. The summed E-state index contributed by atoms with van der Waals surface area (Å²) in [6, 6.07) is 0. The van der Waals surface area contributed by atoms with Gasteiger partial charge in [0.05, 0.1) is 6.61 Å². The molecule has 1 unspecified atom stereocenters. The highest BCUT2D eigenvalue weighted by molar-refractivity contribution is 4.80. The van der Waals surface area contributed by atoms with Gasteiger partial charge < -0.3 is 4.74 Å². The van der Waals surface area contributed by atoms with Gasteiger partial charge in [-0.25, -0.2) is 0 Å². The molecule has 0 aromatic rings. The van der Waals surface area contributed by atoms with E-state index < -0.39 is 0 Å². The number of hydrogen-bond donors (Lipinski definition) is 1. The van der Waals surface area contributed by atoms with Crippen molar-refractivity contribution in [3.63, 3.8) is 0 Å². The molecule has 1 saturated heterocycles. The Labute approximate surface area is 56.6 Å². The van der Waals surface area contributed by atoms with Gasteiger partial charge in [0.1, 0.15) is 6.23 Å². The molecule has 1 rings (SSSR count). The van der Waals surface area contributed by atoms with Gasteiger partial charge in [0, 0.05) is 5.54 Å². The molecule has 9 heavy (non-hydrogen) atoms. The Morgan fingerprint density at radius 2 is 2.22 bits per heavy atom. The quantitative estimate of drug-likeness (QED) is 0.529. The first-order valence-corrected chi connectivity index (χ1v) is 3.49. The van der Waals surface area contributed by atoms with E-state index >= 15 is 0 Å². The minimum Gasteiger partial charge on any atom is -0.364 e. The molecule has 1 heterocycles. The van der Waals surface area contributed by atoms with Gasteiger partial charge in [-0.15, -0.1) is 0 Å². The fourth-order valence-electron chi connectivity index (χ4n) is 1.15. The average Bonchev–Trinajstić information content (AvgIpc) is 1.60. The molecule has 0 radical (unpaired) electrons. The fourth-order valence-corrected chi connectivity index (χ4v) is 1.15. The van der Waals surface area contributed by atoms with E-state index in [-0.39, 0.29) is 11.8 Å². The molecule has 1 atom stereocenters. The SMILES string of the molecule is CC1NC(C)(C)CCO1. The van der Waals surface area contributed by atoms with E-state index in [1.165, 1.54) is 0 Å². The van der Waals surface area contributed by atoms with Crippen molar-refractivity contribution < 1.29 is 4.74 Å². The molecule has 0 aromatic heterocycles. The summed E-state index contributed by atoms with van der Waals surface area (Å²) in [7, 11) is 0. The first-order chi connectivity index (χ1) is 4.10. The predicted molar refractivity (Wildman–Crippen MR) is 37.2 cm³/mol. The number of rotatable bonds is 0. The lowest BCUT2D eigenvalue weighted by molar-refractivity contribution is -0.0276. The van der Waals surface area contributed by atoms with Crippen molar-refractivity contribution in [3.8, 4) is 0 Å². The number of ether oxygens (including phenoxy) is 1. The van der Waals surface area contributed by atoms with Crippen molar-refractivity contribution in [1.82, 2.24) is 5.32 Å². The van der Waals surface area contributed by atoms with Gasteiger partial charge in [0.15, 0.2) is 0 Å². The molecule has 2 heteroatoms. The van der Waals surface area contributed by atoms with Crippen molar-refractivity contribution in [1.29, 1.82) is 0 Å². The summed E-state index contributed by atoms with van der Waals surface area (Å²) in [5.41, 5.74) is 0.275. The van der Waals surface area contributed by atoms with Crippen LogP contribution in [0.25, 0.3) is 0 Å². The van der Waals surface area contributed by atoms with Gasteiger partial charge in [-0.2, -0.15) is 0 Å². The first-order valence-electron chi connectivity index (χ1n) is 3.49. The zero-order chi connectivity index (χ0) is 6.91. The Hall–Kier alpha value is -0.0800. The third-order valence-electron chi connectivity index (χ3n) is 1.69. The molecule has 0 amide bonds. The van der Waals surface area contributed by atoms with Gasteiger partial charge in [0.2, 0.25) is 0 Å². The normalized spacial score (nSPS) is 34.3.